The minimum absolute atomic E-state index is 0.389. The van der Waals surface area contributed by atoms with Gasteiger partial charge in [-0.2, -0.15) is 4.31 Å². The number of piperidine rings is 1. The van der Waals surface area contributed by atoms with Crippen LogP contribution in [-0.2, 0) is 10.0 Å². The van der Waals surface area contributed by atoms with Crippen LogP contribution in [0, 0.1) is 17.6 Å². The predicted octanol–water partition coefficient (Wildman–Crippen LogP) is 2.39. The quantitative estimate of drug-likeness (QED) is 0.831. The number of benzene rings is 1. The molecule has 0 saturated carbocycles. The number of hydrogen-bond acceptors (Lipinski definition) is 2. The van der Waals surface area contributed by atoms with Gasteiger partial charge in [-0.3, -0.25) is 0 Å². The van der Waals surface area contributed by atoms with Gasteiger partial charge in [-0.05, 0) is 30.9 Å². The highest BCUT2D eigenvalue weighted by molar-refractivity contribution is 7.89. The van der Waals surface area contributed by atoms with Gasteiger partial charge < -0.3 is 0 Å². The first-order chi connectivity index (χ1) is 8.41. The molecule has 1 fully saturated rings. The molecule has 0 unspecified atom stereocenters. The Balaban J connectivity index is 2.30. The van der Waals surface area contributed by atoms with E-state index in [0.29, 0.717) is 25.1 Å². The molecule has 0 amide bonds. The van der Waals surface area contributed by atoms with Crippen LogP contribution in [0.3, 0.4) is 0 Å². The topological polar surface area (TPSA) is 37.4 Å². The summed E-state index contributed by atoms with van der Waals surface area (Å²) in [5, 5.41) is 0. The maximum atomic E-state index is 13.5. The Morgan fingerprint density at radius 2 is 1.83 bits per heavy atom. The van der Waals surface area contributed by atoms with Crippen molar-refractivity contribution in [2.75, 3.05) is 13.1 Å². The van der Waals surface area contributed by atoms with E-state index >= 15 is 0 Å². The summed E-state index contributed by atoms with van der Waals surface area (Å²) in [5.74, 6) is -1.33. The molecule has 0 aliphatic carbocycles. The average Bonchev–Trinajstić information content (AvgIpc) is 2.29. The van der Waals surface area contributed by atoms with Crippen molar-refractivity contribution in [3.05, 3.63) is 29.8 Å². The zero-order valence-corrected chi connectivity index (χ0v) is 10.9. The number of sulfonamides is 1. The minimum Gasteiger partial charge on any atom is -0.207 e. The first-order valence-corrected chi connectivity index (χ1v) is 7.30. The fraction of sp³-hybridized carbons (Fsp3) is 0.500. The Bertz CT molecular complexity index is 537. The number of nitrogens with zero attached hydrogens (tertiary/aromatic N) is 1. The maximum Gasteiger partial charge on any atom is 0.245 e. The standard InChI is InChI=1S/C12H15F2NO2S/c1-9-4-6-15(7-5-9)18(16,17)12-3-2-10(13)8-11(12)14/h2-3,8-9H,4-7H2,1H3. The summed E-state index contributed by atoms with van der Waals surface area (Å²) >= 11 is 0. The monoisotopic (exact) mass is 275 g/mol. The molecule has 3 nitrogen and oxygen atoms in total. The third-order valence-electron chi connectivity index (χ3n) is 3.25. The highest BCUT2D eigenvalue weighted by atomic mass is 32.2. The molecular weight excluding hydrogens is 260 g/mol. The summed E-state index contributed by atoms with van der Waals surface area (Å²) < 4.78 is 52.0. The summed E-state index contributed by atoms with van der Waals surface area (Å²) in [4.78, 5) is -0.446. The first kappa shape index (κ1) is 13.4. The van der Waals surface area contributed by atoms with Crippen LogP contribution in [-0.4, -0.2) is 25.8 Å². The SMILES string of the molecule is CC1CCN(S(=O)(=O)c2ccc(F)cc2F)CC1. The van der Waals surface area contributed by atoms with Crippen molar-refractivity contribution >= 4 is 10.0 Å². The second-order valence-electron chi connectivity index (χ2n) is 4.66. The molecule has 1 aliphatic heterocycles. The molecule has 2 rings (SSSR count). The van der Waals surface area contributed by atoms with Gasteiger partial charge in [0.15, 0.2) is 0 Å². The fourth-order valence-electron chi connectivity index (χ4n) is 2.05. The summed E-state index contributed by atoms with van der Waals surface area (Å²) in [6, 6.07) is 2.54. The van der Waals surface area contributed by atoms with E-state index in [2.05, 4.69) is 6.92 Å². The van der Waals surface area contributed by atoms with Crippen molar-refractivity contribution in [2.45, 2.75) is 24.7 Å². The van der Waals surface area contributed by atoms with Gasteiger partial charge in [-0.25, -0.2) is 17.2 Å². The van der Waals surface area contributed by atoms with Crippen LogP contribution in [0.1, 0.15) is 19.8 Å². The number of halogens is 2. The molecule has 1 aromatic carbocycles. The summed E-state index contributed by atoms with van der Waals surface area (Å²) in [6.07, 6.45) is 1.53. The van der Waals surface area contributed by atoms with E-state index in [0.717, 1.165) is 25.0 Å². The third kappa shape index (κ3) is 2.54. The van der Waals surface area contributed by atoms with Crippen molar-refractivity contribution in [3.8, 4) is 0 Å². The normalized spacial score (nSPS) is 19.1. The highest BCUT2D eigenvalue weighted by Gasteiger charge is 2.30. The van der Waals surface area contributed by atoms with Crippen LogP contribution in [0.5, 0.6) is 0 Å². The molecule has 0 spiro atoms. The molecule has 18 heavy (non-hydrogen) atoms. The van der Waals surface area contributed by atoms with E-state index < -0.39 is 26.6 Å². The van der Waals surface area contributed by atoms with Gasteiger partial charge in [0.05, 0.1) is 0 Å². The van der Waals surface area contributed by atoms with Gasteiger partial charge in [0.2, 0.25) is 10.0 Å². The number of hydrogen-bond donors (Lipinski definition) is 0. The molecule has 0 atom stereocenters. The average molecular weight is 275 g/mol. The molecule has 1 aliphatic rings. The molecule has 1 heterocycles. The molecule has 0 radical (unpaired) electrons. The van der Waals surface area contributed by atoms with Crippen molar-refractivity contribution in [2.24, 2.45) is 5.92 Å². The largest absolute Gasteiger partial charge is 0.245 e. The van der Waals surface area contributed by atoms with Crippen LogP contribution >= 0.6 is 0 Å². The van der Waals surface area contributed by atoms with Crippen LogP contribution in [0.25, 0.3) is 0 Å². The molecule has 0 N–H and O–H groups in total. The molecule has 0 bridgehead atoms. The molecule has 1 aromatic rings. The predicted molar refractivity (Wildman–Crippen MR) is 63.5 cm³/mol. The first-order valence-electron chi connectivity index (χ1n) is 5.86. The Kier molecular flexibility index (Phi) is 3.68. The Morgan fingerprint density at radius 1 is 1.22 bits per heavy atom. The van der Waals surface area contributed by atoms with Crippen LogP contribution in [0.15, 0.2) is 23.1 Å². The second-order valence-corrected chi connectivity index (χ2v) is 6.57. The van der Waals surface area contributed by atoms with Crippen molar-refractivity contribution in [3.63, 3.8) is 0 Å². The lowest BCUT2D eigenvalue weighted by atomic mass is 10.0. The molecule has 6 heteroatoms. The summed E-state index contributed by atoms with van der Waals surface area (Å²) in [6.45, 7) is 2.84. The van der Waals surface area contributed by atoms with E-state index in [1.165, 1.54) is 4.31 Å². The van der Waals surface area contributed by atoms with Gasteiger partial charge in [-0.15, -0.1) is 0 Å². The van der Waals surface area contributed by atoms with Crippen molar-refractivity contribution in [1.82, 2.24) is 4.31 Å². The molecule has 0 aromatic heterocycles. The zero-order chi connectivity index (χ0) is 13.3. The van der Waals surface area contributed by atoms with Gasteiger partial charge in [0.1, 0.15) is 16.5 Å². The summed E-state index contributed by atoms with van der Waals surface area (Å²) in [7, 11) is -3.84. The Labute approximate surface area is 105 Å². The molecule has 100 valence electrons. The van der Waals surface area contributed by atoms with Gasteiger partial charge in [0.25, 0.3) is 0 Å². The van der Waals surface area contributed by atoms with E-state index in [9.17, 15) is 17.2 Å². The van der Waals surface area contributed by atoms with Crippen LogP contribution < -0.4 is 0 Å². The second kappa shape index (κ2) is 4.93. The third-order valence-corrected chi connectivity index (χ3v) is 5.19. The van der Waals surface area contributed by atoms with Gasteiger partial charge in [0, 0.05) is 19.2 Å². The molecule has 1 saturated heterocycles. The van der Waals surface area contributed by atoms with Crippen LogP contribution in [0.4, 0.5) is 8.78 Å². The number of rotatable bonds is 2. The summed E-state index contributed by atoms with van der Waals surface area (Å²) in [5.41, 5.74) is 0. The maximum absolute atomic E-state index is 13.5. The van der Waals surface area contributed by atoms with Crippen molar-refractivity contribution < 1.29 is 17.2 Å². The highest BCUT2D eigenvalue weighted by Crippen LogP contribution is 2.25. The van der Waals surface area contributed by atoms with E-state index in [1.807, 2.05) is 0 Å². The minimum atomic E-state index is -3.84. The lowest BCUT2D eigenvalue weighted by Gasteiger charge is -2.29. The van der Waals surface area contributed by atoms with Gasteiger partial charge in [-0.1, -0.05) is 6.92 Å². The lowest BCUT2D eigenvalue weighted by Crippen LogP contribution is -2.38. The van der Waals surface area contributed by atoms with Crippen molar-refractivity contribution in [1.29, 1.82) is 0 Å². The van der Waals surface area contributed by atoms with E-state index in [1.54, 1.807) is 0 Å². The lowest BCUT2D eigenvalue weighted by molar-refractivity contribution is 0.287. The fourth-order valence-corrected chi connectivity index (χ4v) is 3.56. The van der Waals surface area contributed by atoms with E-state index in [4.69, 9.17) is 0 Å². The smallest absolute Gasteiger partial charge is 0.207 e. The van der Waals surface area contributed by atoms with Gasteiger partial charge >= 0.3 is 0 Å². The Morgan fingerprint density at radius 3 is 2.39 bits per heavy atom. The Hall–Kier alpha value is -1.01. The zero-order valence-electron chi connectivity index (χ0n) is 10.1. The molecular formula is C12H15F2NO2S. The van der Waals surface area contributed by atoms with Crippen LogP contribution in [0.2, 0.25) is 0 Å². The van der Waals surface area contributed by atoms with E-state index in [-0.39, 0.29) is 0 Å².